The summed E-state index contributed by atoms with van der Waals surface area (Å²) in [6.45, 7) is 3.71. The fourth-order valence-electron chi connectivity index (χ4n) is 9.83. The van der Waals surface area contributed by atoms with Crippen LogP contribution in [0, 0.1) is 13.8 Å². The first-order valence-electron chi connectivity index (χ1n) is 28.6. The van der Waals surface area contributed by atoms with Crippen LogP contribution in [-0.4, -0.2) is 72.7 Å². The largest absolute Gasteiger partial charge is 0.497 e. The number of ether oxygens (including phenoxy) is 2. The SMILES string of the molecule is COc1ccc(OC)c(S(=O)(=O)Nc2cccc(CCc3ccc(C(=O)O)cc3)c2)c1.Cc1ccc(S(=O)(=O)Nc2cccc(CCc3ccc(C(=O)O)cc3)c2)c(C)c1.O=C(O)c1ccc(CCc2cccc(NS(=O)(=O)c3cccc4ccccc34)c2)cc1. The van der Waals surface area contributed by atoms with Crippen LogP contribution in [0.3, 0.4) is 0 Å². The highest BCUT2D eigenvalue weighted by Gasteiger charge is 2.22. The summed E-state index contributed by atoms with van der Waals surface area (Å²) >= 11 is 0. The van der Waals surface area contributed by atoms with Crippen molar-refractivity contribution in [1.29, 1.82) is 0 Å². The average molecular weight is 1280 g/mol. The van der Waals surface area contributed by atoms with Crippen LogP contribution in [0.25, 0.3) is 10.8 Å². The standard InChI is InChI=1S/C25H21NO4S.C23H23NO6S.C23H23NO4S/c27-25(28)21-15-13-18(14-16-21)11-12-19-5-3-8-22(17-19)26-31(29,30)24-10-4-7-20-6-1-2-9-23(20)24;1-29-20-12-13-21(30-2)22(15-20)31(27,28)24-19-5-3-4-17(14-19)7-6-16-8-10-18(11-9-16)23(25)26;1-16-6-13-22(17(2)14-16)29(27,28)24-21-5-3-4-19(15-21)8-7-18-9-11-20(12-10-18)23(25)26/h1-10,13-17,26H,11-12H2,(H,27,28);3-5,8-15,24H,6-7H2,1-2H3,(H,25,26);3-6,9-15,24H,7-8H2,1-2H3,(H,25,26). The van der Waals surface area contributed by atoms with Gasteiger partial charge in [0.1, 0.15) is 16.4 Å². The van der Waals surface area contributed by atoms with Crippen molar-refractivity contribution in [2.75, 3.05) is 28.4 Å². The molecule has 0 saturated heterocycles. The topological polar surface area (TPSA) is 269 Å². The van der Waals surface area contributed by atoms with Gasteiger partial charge in [-0.1, -0.05) is 127 Å². The fraction of sp³-hybridized carbons (Fsp3) is 0.141. The molecule has 0 radical (unpaired) electrons. The summed E-state index contributed by atoms with van der Waals surface area (Å²) in [5.74, 6) is -2.23. The summed E-state index contributed by atoms with van der Waals surface area (Å²) in [7, 11) is -8.43. The maximum absolute atomic E-state index is 13.0. The van der Waals surface area contributed by atoms with E-state index in [2.05, 4.69) is 14.2 Å². The second-order valence-electron chi connectivity index (χ2n) is 21.2. The number of hydrogen-bond donors (Lipinski definition) is 6. The Balaban J connectivity index is 0.000000176. The number of carboxylic acid groups (broad SMARTS) is 3. The number of methoxy groups -OCH3 is 2. The minimum absolute atomic E-state index is 0.0155. The van der Waals surface area contributed by atoms with Gasteiger partial charge in [0, 0.05) is 28.5 Å². The first-order chi connectivity index (χ1) is 43.5. The predicted molar refractivity (Wildman–Crippen MR) is 354 cm³/mol. The Morgan fingerprint density at radius 1 is 0.363 bits per heavy atom. The highest BCUT2D eigenvalue weighted by Crippen LogP contribution is 2.31. The Bertz CT molecular complexity index is 4580. The van der Waals surface area contributed by atoms with Crippen LogP contribution in [0.2, 0.25) is 0 Å². The van der Waals surface area contributed by atoms with Crippen molar-refractivity contribution in [3.63, 3.8) is 0 Å². The molecule has 0 unspecified atom stereocenters. The number of sulfonamides is 3. The van der Waals surface area contributed by atoms with E-state index in [-0.39, 0.29) is 37.1 Å². The van der Waals surface area contributed by atoms with Crippen LogP contribution in [0.4, 0.5) is 17.1 Å². The van der Waals surface area contributed by atoms with Crippen molar-refractivity contribution in [3.8, 4) is 11.5 Å². The van der Waals surface area contributed by atoms with Gasteiger partial charge < -0.3 is 24.8 Å². The molecule has 20 heteroatoms. The fourth-order valence-corrected chi connectivity index (χ4v) is 13.6. The third-order valence-corrected chi connectivity index (χ3v) is 19.0. The van der Waals surface area contributed by atoms with Gasteiger partial charge in [-0.2, -0.15) is 0 Å². The zero-order chi connectivity index (χ0) is 65.3. The molecular formula is C71H67N3O14S3. The lowest BCUT2D eigenvalue weighted by atomic mass is 10.0. The minimum Gasteiger partial charge on any atom is -0.497 e. The number of aryl methyl sites for hydroxylation is 8. The van der Waals surface area contributed by atoms with Crippen molar-refractivity contribution >= 4 is 75.8 Å². The van der Waals surface area contributed by atoms with Crippen LogP contribution in [-0.2, 0) is 68.6 Å². The van der Waals surface area contributed by atoms with Gasteiger partial charge in [-0.05, 0) is 194 Å². The molecule has 17 nitrogen and oxygen atoms in total. The van der Waals surface area contributed by atoms with Crippen molar-refractivity contribution < 1.29 is 64.4 Å². The maximum atomic E-state index is 13.0. The Morgan fingerprint density at radius 3 is 1.15 bits per heavy atom. The summed E-state index contributed by atoms with van der Waals surface area (Å²) in [6.07, 6.45) is 4.23. The molecule has 0 aliphatic rings. The summed E-state index contributed by atoms with van der Waals surface area (Å²) in [4.78, 5) is 33.3. The summed E-state index contributed by atoms with van der Waals surface area (Å²) in [6, 6.07) is 64.5. The monoisotopic (exact) mass is 1280 g/mol. The molecule has 0 aliphatic heterocycles. The lowest BCUT2D eigenvalue weighted by molar-refractivity contribution is 0.0686. The van der Waals surface area contributed by atoms with E-state index in [1.54, 1.807) is 153 Å². The van der Waals surface area contributed by atoms with Crippen LogP contribution < -0.4 is 23.6 Å². The number of anilines is 3. The molecule has 10 aromatic carbocycles. The van der Waals surface area contributed by atoms with Crippen LogP contribution in [0.15, 0.2) is 239 Å². The molecule has 0 spiro atoms. The van der Waals surface area contributed by atoms with Gasteiger partial charge in [0.05, 0.1) is 40.7 Å². The van der Waals surface area contributed by atoms with E-state index in [0.717, 1.165) is 57.2 Å². The Kier molecular flexibility index (Phi) is 22.2. The Hall–Kier alpha value is -10.3. The minimum atomic E-state index is -3.90. The molecular weight excluding hydrogens is 1210 g/mol. The number of hydrogen-bond acceptors (Lipinski definition) is 11. The normalized spacial score (nSPS) is 11.2. The van der Waals surface area contributed by atoms with Gasteiger partial charge in [0.2, 0.25) is 0 Å². The van der Waals surface area contributed by atoms with E-state index in [0.29, 0.717) is 59.4 Å². The van der Waals surface area contributed by atoms with E-state index < -0.39 is 48.0 Å². The number of benzene rings is 10. The first kappa shape index (κ1) is 66.7. The second kappa shape index (κ2) is 30.3. The van der Waals surface area contributed by atoms with Crippen LogP contribution in [0.1, 0.15) is 75.6 Å². The zero-order valence-corrected chi connectivity index (χ0v) is 52.6. The quantitative estimate of drug-likeness (QED) is 0.0348. The smallest absolute Gasteiger partial charge is 0.335 e. The van der Waals surface area contributed by atoms with Gasteiger partial charge >= 0.3 is 17.9 Å². The molecule has 0 fully saturated rings. The van der Waals surface area contributed by atoms with Gasteiger partial charge in [0.15, 0.2) is 0 Å². The highest BCUT2D eigenvalue weighted by molar-refractivity contribution is 7.93. The number of rotatable bonds is 23. The number of fused-ring (bicyclic) bond motifs is 1. The van der Waals surface area contributed by atoms with Gasteiger partial charge in [-0.3, -0.25) is 14.2 Å². The van der Waals surface area contributed by atoms with Crippen LogP contribution >= 0.6 is 0 Å². The van der Waals surface area contributed by atoms with Gasteiger partial charge in [0.25, 0.3) is 30.1 Å². The molecule has 468 valence electrons. The molecule has 0 saturated carbocycles. The predicted octanol–water partition coefficient (Wildman–Crippen LogP) is 13.7. The first-order valence-corrected chi connectivity index (χ1v) is 33.0. The van der Waals surface area contributed by atoms with E-state index in [1.165, 1.54) is 20.3 Å². The van der Waals surface area contributed by atoms with E-state index in [4.69, 9.17) is 24.8 Å². The van der Waals surface area contributed by atoms with Crippen molar-refractivity contribution in [2.45, 2.75) is 67.1 Å². The van der Waals surface area contributed by atoms with Gasteiger partial charge in [-0.15, -0.1) is 0 Å². The summed E-state index contributed by atoms with van der Waals surface area (Å²) in [5, 5.41) is 28.5. The highest BCUT2D eigenvalue weighted by atomic mass is 32.2. The summed E-state index contributed by atoms with van der Waals surface area (Å²) < 4.78 is 95.7. The number of nitrogens with one attached hydrogen (secondary N) is 3. The second-order valence-corrected chi connectivity index (χ2v) is 26.1. The van der Waals surface area contributed by atoms with E-state index in [1.807, 2.05) is 79.7 Å². The molecule has 0 heterocycles. The molecule has 0 aliphatic carbocycles. The number of aromatic carboxylic acids is 3. The lowest BCUT2D eigenvalue weighted by Gasteiger charge is -2.13. The Labute approximate surface area is 529 Å². The maximum Gasteiger partial charge on any atom is 0.335 e. The van der Waals surface area contributed by atoms with E-state index >= 15 is 0 Å². The molecule has 0 aromatic heterocycles. The third kappa shape index (κ3) is 18.6. The molecule has 6 N–H and O–H groups in total. The molecule has 10 rings (SSSR count). The van der Waals surface area contributed by atoms with Crippen molar-refractivity contribution in [1.82, 2.24) is 0 Å². The van der Waals surface area contributed by atoms with E-state index in [9.17, 15) is 39.6 Å². The third-order valence-electron chi connectivity index (χ3n) is 14.6. The molecule has 10 aromatic rings. The Morgan fingerprint density at radius 2 is 0.747 bits per heavy atom. The zero-order valence-electron chi connectivity index (χ0n) is 50.2. The molecule has 0 bridgehead atoms. The van der Waals surface area contributed by atoms with Crippen LogP contribution in [0.5, 0.6) is 11.5 Å². The average Bonchev–Trinajstić information content (AvgIpc) is 0.907. The number of carboxylic acids is 3. The van der Waals surface area contributed by atoms with Gasteiger partial charge in [-0.25, -0.2) is 39.6 Å². The lowest BCUT2D eigenvalue weighted by Crippen LogP contribution is -2.14. The molecule has 0 amide bonds. The molecule has 91 heavy (non-hydrogen) atoms. The van der Waals surface area contributed by atoms with Crippen molar-refractivity contribution in [2.24, 2.45) is 0 Å². The summed E-state index contributed by atoms with van der Waals surface area (Å²) in [5.41, 5.74) is 9.91. The van der Waals surface area contributed by atoms with Crippen molar-refractivity contribution in [3.05, 3.63) is 286 Å². The molecule has 0 atom stereocenters. The number of carbonyl (C=O) groups is 3.